The van der Waals surface area contributed by atoms with Gasteiger partial charge in [0.2, 0.25) is 0 Å². The van der Waals surface area contributed by atoms with Crippen LogP contribution in [0.1, 0.15) is 26.3 Å². The molecule has 0 aliphatic rings. The summed E-state index contributed by atoms with van der Waals surface area (Å²) in [5.74, 6) is -1.05. The second-order valence-corrected chi connectivity index (χ2v) is 7.48. The summed E-state index contributed by atoms with van der Waals surface area (Å²) in [6.45, 7) is 0. The zero-order chi connectivity index (χ0) is 24.1. The van der Waals surface area contributed by atoms with Crippen molar-refractivity contribution in [3.63, 3.8) is 0 Å². The molecule has 0 unspecified atom stereocenters. The van der Waals surface area contributed by atoms with Crippen LogP contribution in [0.5, 0.6) is 5.75 Å². The van der Waals surface area contributed by atoms with Gasteiger partial charge in [-0.25, -0.2) is 10.2 Å². The van der Waals surface area contributed by atoms with Gasteiger partial charge in [0.15, 0.2) is 0 Å². The molecule has 4 aromatic rings. The van der Waals surface area contributed by atoms with E-state index < -0.39 is 16.8 Å². The lowest BCUT2D eigenvalue weighted by Gasteiger charge is -2.11. The first-order valence-electron chi connectivity index (χ1n) is 10.0. The Morgan fingerprint density at radius 2 is 1.74 bits per heavy atom. The van der Waals surface area contributed by atoms with Gasteiger partial charge in [-0.1, -0.05) is 60.1 Å². The number of non-ortho nitro benzene ring substituents is 1. The van der Waals surface area contributed by atoms with Crippen molar-refractivity contribution in [2.75, 3.05) is 0 Å². The Balaban J connectivity index is 1.63. The molecule has 0 fully saturated rings. The predicted octanol–water partition coefficient (Wildman–Crippen LogP) is 5.38. The van der Waals surface area contributed by atoms with E-state index in [1.165, 1.54) is 24.4 Å². The van der Waals surface area contributed by atoms with E-state index in [-0.39, 0.29) is 27.6 Å². The fraction of sp³-hybridized carbons (Fsp3) is 0. The first-order valence-corrected chi connectivity index (χ1v) is 10.4. The lowest BCUT2D eigenvalue weighted by atomic mass is 10.0. The number of carbonyl (C=O) groups excluding carboxylic acids is 2. The maximum Gasteiger partial charge on any atom is 0.345 e. The molecule has 4 rings (SSSR count). The van der Waals surface area contributed by atoms with Crippen LogP contribution in [0.3, 0.4) is 0 Å². The average Bonchev–Trinajstić information content (AvgIpc) is 2.85. The highest BCUT2D eigenvalue weighted by Crippen LogP contribution is 2.28. The molecule has 0 heterocycles. The van der Waals surface area contributed by atoms with Crippen molar-refractivity contribution in [2.24, 2.45) is 5.10 Å². The van der Waals surface area contributed by atoms with Gasteiger partial charge in [0, 0.05) is 23.3 Å². The third-order valence-corrected chi connectivity index (χ3v) is 5.24. The molecule has 4 aromatic carbocycles. The number of nitrogens with zero attached hydrogens (tertiary/aromatic N) is 2. The highest BCUT2D eigenvalue weighted by molar-refractivity contribution is 6.33. The number of nitro benzene ring substituents is 1. The second kappa shape index (κ2) is 9.93. The van der Waals surface area contributed by atoms with Crippen molar-refractivity contribution in [2.45, 2.75) is 0 Å². The Bertz CT molecular complexity index is 1450. The molecular weight excluding hydrogens is 458 g/mol. The van der Waals surface area contributed by atoms with Gasteiger partial charge in [-0.05, 0) is 35.0 Å². The number of amides is 1. The minimum Gasteiger partial charge on any atom is -0.422 e. The quantitative estimate of drug-likeness (QED) is 0.133. The monoisotopic (exact) mass is 473 g/mol. The summed E-state index contributed by atoms with van der Waals surface area (Å²) >= 11 is 6.11. The highest BCUT2D eigenvalue weighted by atomic mass is 35.5. The Hall–Kier alpha value is -4.56. The van der Waals surface area contributed by atoms with Crippen LogP contribution in [-0.4, -0.2) is 23.0 Å². The van der Waals surface area contributed by atoms with E-state index in [4.69, 9.17) is 16.3 Å². The number of nitro groups is 1. The van der Waals surface area contributed by atoms with E-state index in [0.717, 1.165) is 16.8 Å². The summed E-state index contributed by atoms with van der Waals surface area (Å²) in [6, 6.07) is 22.6. The summed E-state index contributed by atoms with van der Waals surface area (Å²) in [5.41, 5.74) is 2.88. The second-order valence-electron chi connectivity index (χ2n) is 7.07. The third-order valence-electron chi connectivity index (χ3n) is 4.91. The molecule has 0 saturated heterocycles. The molecule has 1 N–H and O–H groups in total. The standard InChI is InChI=1S/C25H16ClN3O5/c26-22-11-4-3-10-20(22)25(31)34-23-13-12-16-6-1-2-9-19(16)21(23)15-27-28-24(30)17-7-5-8-18(14-17)29(32)33/h1-15H,(H,28,30). The predicted molar refractivity (Wildman–Crippen MR) is 129 cm³/mol. The zero-order valence-corrected chi connectivity index (χ0v) is 18.2. The van der Waals surface area contributed by atoms with E-state index >= 15 is 0 Å². The molecule has 0 aliphatic heterocycles. The van der Waals surface area contributed by atoms with E-state index in [2.05, 4.69) is 10.5 Å². The summed E-state index contributed by atoms with van der Waals surface area (Å²) in [4.78, 5) is 35.5. The summed E-state index contributed by atoms with van der Waals surface area (Å²) < 4.78 is 5.60. The van der Waals surface area contributed by atoms with Crippen LogP contribution in [0.2, 0.25) is 5.02 Å². The lowest BCUT2D eigenvalue weighted by molar-refractivity contribution is -0.384. The lowest BCUT2D eigenvalue weighted by Crippen LogP contribution is -2.18. The average molecular weight is 474 g/mol. The number of halogens is 1. The van der Waals surface area contributed by atoms with Crippen molar-refractivity contribution in [1.29, 1.82) is 0 Å². The van der Waals surface area contributed by atoms with Gasteiger partial charge >= 0.3 is 5.97 Å². The Kier molecular flexibility index (Phi) is 6.61. The van der Waals surface area contributed by atoms with Crippen LogP contribution in [0.15, 0.2) is 90.0 Å². The molecule has 9 heteroatoms. The molecule has 0 radical (unpaired) electrons. The van der Waals surface area contributed by atoms with Crippen LogP contribution in [0.25, 0.3) is 10.8 Å². The number of benzene rings is 4. The Morgan fingerprint density at radius 3 is 2.53 bits per heavy atom. The van der Waals surface area contributed by atoms with E-state index in [9.17, 15) is 19.7 Å². The number of rotatable bonds is 6. The van der Waals surface area contributed by atoms with Crippen LogP contribution < -0.4 is 10.2 Å². The van der Waals surface area contributed by atoms with E-state index in [1.54, 1.807) is 36.4 Å². The zero-order valence-electron chi connectivity index (χ0n) is 17.5. The fourth-order valence-corrected chi connectivity index (χ4v) is 3.47. The number of hydrazone groups is 1. The Labute approximate surface area is 198 Å². The normalized spacial score (nSPS) is 10.9. The minimum atomic E-state index is -0.642. The van der Waals surface area contributed by atoms with Crippen LogP contribution >= 0.6 is 11.6 Å². The molecule has 0 saturated carbocycles. The van der Waals surface area contributed by atoms with Gasteiger partial charge in [-0.2, -0.15) is 5.10 Å². The van der Waals surface area contributed by atoms with Crippen LogP contribution in [0, 0.1) is 10.1 Å². The van der Waals surface area contributed by atoms with Gasteiger partial charge in [-0.15, -0.1) is 0 Å². The van der Waals surface area contributed by atoms with Gasteiger partial charge < -0.3 is 4.74 Å². The third kappa shape index (κ3) is 4.92. The topological polar surface area (TPSA) is 111 Å². The first kappa shape index (κ1) is 22.6. The van der Waals surface area contributed by atoms with Gasteiger partial charge in [0.1, 0.15) is 5.75 Å². The van der Waals surface area contributed by atoms with Crippen molar-refractivity contribution in [1.82, 2.24) is 5.43 Å². The van der Waals surface area contributed by atoms with E-state index in [0.29, 0.717) is 5.56 Å². The molecule has 0 bridgehead atoms. The Morgan fingerprint density at radius 1 is 0.971 bits per heavy atom. The minimum absolute atomic E-state index is 0.0784. The number of esters is 1. The van der Waals surface area contributed by atoms with Crippen LogP contribution in [0.4, 0.5) is 5.69 Å². The van der Waals surface area contributed by atoms with Gasteiger partial charge in [-0.3, -0.25) is 14.9 Å². The smallest absolute Gasteiger partial charge is 0.345 e. The van der Waals surface area contributed by atoms with Crippen molar-refractivity contribution < 1.29 is 19.2 Å². The molecule has 0 aliphatic carbocycles. The number of hydrogen-bond acceptors (Lipinski definition) is 6. The molecule has 168 valence electrons. The maximum absolute atomic E-state index is 12.7. The summed E-state index contributed by atoms with van der Waals surface area (Å²) in [5, 5.41) is 16.8. The largest absolute Gasteiger partial charge is 0.422 e. The molecule has 1 amide bonds. The van der Waals surface area contributed by atoms with Gasteiger partial charge in [0.25, 0.3) is 11.6 Å². The van der Waals surface area contributed by atoms with Crippen molar-refractivity contribution in [3.8, 4) is 5.75 Å². The highest BCUT2D eigenvalue weighted by Gasteiger charge is 2.16. The molecule has 0 atom stereocenters. The first-order chi connectivity index (χ1) is 16.4. The number of nitrogens with one attached hydrogen (secondary N) is 1. The maximum atomic E-state index is 12.7. The fourth-order valence-electron chi connectivity index (χ4n) is 3.26. The molecule has 0 aromatic heterocycles. The van der Waals surface area contributed by atoms with Crippen molar-refractivity contribution in [3.05, 3.63) is 117 Å². The van der Waals surface area contributed by atoms with E-state index in [1.807, 2.05) is 24.3 Å². The summed E-state index contributed by atoms with van der Waals surface area (Å²) in [6.07, 6.45) is 1.35. The van der Waals surface area contributed by atoms with Gasteiger partial charge in [0.05, 0.1) is 21.7 Å². The molecule has 0 spiro atoms. The molecule has 34 heavy (non-hydrogen) atoms. The molecular formula is C25H16ClN3O5. The number of hydrogen-bond donors (Lipinski definition) is 1. The number of fused-ring (bicyclic) bond motifs is 1. The molecule has 8 nitrogen and oxygen atoms in total. The number of carbonyl (C=O) groups is 2. The van der Waals surface area contributed by atoms with Crippen molar-refractivity contribution >= 4 is 46.2 Å². The SMILES string of the molecule is O=C(NN=Cc1c(OC(=O)c2ccccc2Cl)ccc2ccccc12)c1cccc([N+](=O)[O-])c1. The number of ether oxygens (including phenoxy) is 1. The van der Waals surface area contributed by atoms with Crippen LogP contribution in [-0.2, 0) is 0 Å². The summed E-state index contributed by atoms with van der Waals surface area (Å²) in [7, 11) is 0.